The van der Waals surface area contributed by atoms with Crippen LogP contribution in [0.25, 0.3) is 0 Å². The van der Waals surface area contributed by atoms with Crippen LogP contribution in [0.15, 0.2) is 0 Å². The maximum Gasteiger partial charge on any atom is 0.280 e. The Morgan fingerprint density at radius 1 is 1.67 bits per heavy atom. The van der Waals surface area contributed by atoms with Gasteiger partial charge in [0, 0.05) is 0 Å². The zero-order chi connectivity index (χ0) is 4.99. The molecule has 0 aliphatic carbocycles. The molecule has 6 heavy (non-hydrogen) atoms. The molecule has 0 heterocycles. The van der Waals surface area contributed by atoms with Gasteiger partial charge in [-0.3, -0.25) is 14.4 Å². The molecule has 31 valence electrons. The molecule has 0 aromatic heterocycles. The summed E-state index contributed by atoms with van der Waals surface area (Å²) < 4.78 is 0. The smallest absolute Gasteiger partial charge is 0.280 e. The van der Waals surface area contributed by atoms with Gasteiger partial charge in [-0.05, 0) is 0 Å². The first-order valence-electron chi connectivity index (χ1n) is 1.18. The topological polar surface area (TPSA) is 51.2 Å². The number of rotatable bonds is 2. The van der Waals surface area contributed by atoms with E-state index >= 15 is 0 Å². The molecule has 0 unspecified atom stereocenters. The Bertz CT molecular complexity index is 74.0. The van der Waals surface area contributed by atoms with Gasteiger partial charge in [-0.2, -0.15) is 0 Å². The van der Waals surface area contributed by atoms with Crippen LogP contribution in [-0.4, -0.2) is 18.4 Å². The highest BCUT2D eigenvalue weighted by Gasteiger charge is 1.90. The maximum atomic E-state index is 9.39. The highest BCUT2D eigenvalue weighted by molar-refractivity contribution is 6.50. The predicted octanol–water partition coefficient (Wildman–Crippen LogP) is -1.14. The molecule has 1 radical (unpaired) electrons. The van der Waals surface area contributed by atoms with Gasteiger partial charge in [0.2, 0.25) is 0 Å². The Kier molecular flexibility index (Phi) is 1.89. The third-order valence-corrected chi connectivity index (χ3v) is 0.208. The molecule has 0 rings (SSSR count). The van der Waals surface area contributed by atoms with Crippen molar-refractivity contribution in [2.45, 2.75) is 0 Å². The van der Waals surface area contributed by atoms with Crippen molar-refractivity contribution in [1.82, 2.24) is 0 Å². The number of carbonyl (C=O) groups excluding carboxylic acids is 3. The van der Waals surface area contributed by atoms with E-state index in [2.05, 4.69) is 0 Å². The second-order valence-electron chi connectivity index (χ2n) is 0.584. The van der Waals surface area contributed by atoms with Gasteiger partial charge in [0.05, 0.1) is 0 Å². The third-order valence-electron chi connectivity index (χ3n) is 0.208. The van der Waals surface area contributed by atoms with Crippen molar-refractivity contribution in [3.8, 4) is 0 Å². The van der Waals surface area contributed by atoms with Crippen LogP contribution in [0.5, 0.6) is 0 Å². The fourth-order valence-electron chi connectivity index (χ4n) is 0.0241. The molecule has 0 saturated heterocycles. The Balaban J connectivity index is 3.52. The molecule has 3 heteroatoms. The number of aldehydes is 1. The summed E-state index contributed by atoms with van der Waals surface area (Å²) in [5.41, 5.74) is 0. The average Bonchev–Trinajstić information content (AvgIpc) is 1.65. The van der Waals surface area contributed by atoms with Crippen LogP contribution in [0.3, 0.4) is 0 Å². The summed E-state index contributed by atoms with van der Waals surface area (Å²) in [5.74, 6) is -1.14. The quantitative estimate of drug-likeness (QED) is 0.242. The lowest BCUT2D eigenvalue weighted by atomic mass is 10.5. The van der Waals surface area contributed by atoms with Gasteiger partial charge >= 0.3 is 0 Å². The number of hydrogen-bond acceptors (Lipinski definition) is 3. The predicted molar refractivity (Wildman–Crippen MR) is 16.8 cm³/mol. The van der Waals surface area contributed by atoms with Crippen LogP contribution in [-0.2, 0) is 14.4 Å². The molecule has 0 saturated carbocycles. The first-order chi connectivity index (χ1) is 2.81. The van der Waals surface area contributed by atoms with Crippen molar-refractivity contribution in [2.75, 3.05) is 0 Å². The minimum Gasteiger partial charge on any atom is -0.294 e. The van der Waals surface area contributed by atoms with Crippen molar-refractivity contribution in [3.05, 3.63) is 0 Å². The van der Waals surface area contributed by atoms with Crippen LogP contribution in [0.1, 0.15) is 0 Å². The first-order valence-corrected chi connectivity index (χ1v) is 1.18. The Hall–Kier alpha value is -0.990. The van der Waals surface area contributed by atoms with Crippen molar-refractivity contribution in [3.63, 3.8) is 0 Å². The van der Waals surface area contributed by atoms with Gasteiger partial charge in [-0.1, -0.05) is 0 Å². The summed E-state index contributed by atoms with van der Waals surface area (Å²) in [5, 5.41) is 0. The van der Waals surface area contributed by atoms with E-state index in [0.717, 1.165) is 6.29 Å². The van der Waals surface area contributed by atoms with E-state index in [4.69, 9.17) is 9.59 Å². The molecule has 0 bridgehead atoms. The fourth-order valence-corrected chi connectivity index (χ4v) is 0.0241. The molecule has 0 fully saturated rings. The second-order valence-corrected chi connectivity index (χ2v) is 0.584. The largest absolute Gasteiger partial charge is 0.294 e. The molecule has 0 aliphatic heterocycles. The van der Waals surface area contributed by atoms with Gasteiger partial charge in [-0.25, -0.2) is 0 Å². The Labute approximate surface area is 34.0 Å². The van der Waals surface area contributed by atoms with E-state index in [1.54, 1.807) is 0 Å². The number of hydrogen-bond donors (Lipinski definition) is 0. The molecule has 0 aromatic carbocycles. The van der Waals surface area contributed by atoms with E-state index in [1.165, 1.54) is 0 Å². The van der Waals surface area contributed by atoms with Crippen molar-refractivity contribution >= 4 is 18.4 Å². The maximum absolute atomic E-state index is 9.39. The SMILES string of the molecule is O=[C]C(=O)C=O. The van der Waals surface area contributed by atoms with Crippen molar-refractivity contribution < 1.29 is 14.4 Å². The summed E-state index contributed by atoms with van der Waals surface area (Å²) in [6.07, 6.45) is 0.767. The molecule has 0 aromatic rings. The molecule has 0 amide bonds. The molecule has 3 nitrogen and oxygen atoms in total. The van der Waals surface area contributed by atoms with E-state index in [-0.39, 0.29) is 6.29 Å². The highest BCUT2D eigenvalue weighted by Crippen LogP contribution is 1.45. The molecular weight excluding hydrogens is 84.0 g/mol. The summed E-state index contributed by atoms with van der Waals surface area (Å²) in [4.78, 5) is 27.5. The summed E-state index contributed by atoms with van der Waals surface area (Å²) in [6.45, 7) is 0. The van der Waals surface area contributed by atoms with Gasteiger partial charge in [-0.15, -0.1) is 0 Å². The zero-order valence-corrected chi connectivity index (χ0v) is 2.80. The van der Waals surface area contributed by atoms with E-state index in [1.807, 2.05) is 0 Å². The number of Topliss-reactive ketones (excluding diaryl/α,β-unsaturated/α-hetero) is 1. The fraction of sp³-hybridized carbons (Fsp3) is 0. The number of carbonyl (C=O) groups is 2. The standard InChI is InChI=1S/C3HO3/c4-1-3(6)2-5/h1H. The normalized spacial score (nSPS) is 6.67. The lowest BCUT2D eigenvalue weighted by molar-refractivity contribution is -0.125. The third kappa shape index (κ3) is 1.34. The van der Waals surface area contributed by atoms with Crippen molar-refractivity contribution in [2.24, 2.45) is 0 Å². The lowest BCUT2D eigenvalue weighted by Crippen LogP contribution is -1.97. The molecule has 0 spiro atoms. The summed E-state index contributed by atoms with van der Waals surface area (Å²) >= 11 is 0. The first kappa shape index (κ1) is 5.01. The van der Waals surface area contributed by atoms with Gasteiger partial charge < -0.3 is 0 Å². The van der Waals surface area contributed by atoms with Crippen molar-refractivity contribution in [1.29, 1.82) is 0 Å². The van der Waals surface area contributed by atoms with Crippen LogP contribution in [0.4, 0.5) is 0 Å². The number of ketones is 1. The Morgan fingerprint density at radius 3 is 2.17 bits per heavy atom. The minimum atomic E-state index is -1.14. The summed E-state index contributed by atoms with van der Waals surface area (Å²) in [7, 11) is 0. The van der Waals surface area contributed by atoms with E-state index in [9.17, 15) is 4.79 Å². The van der Waals surface area contributed by atoms with Crippen LogP contribution in [0.2, 0.25) is 0 Å². The van der Waals surface area contributed by atoms with Crippen LogP contribution < -0.4 is 0 Å². The second kappa shape index (κ2) is 2.26. The lowest BCUT2D eigenvalue weighted by Gasteiger charge is -1.55. The molecule has 0 N–H and O–H groups in total. The average molecular weight is 85.0 g/mol. The molecule has 0 atom stereocenters. The van der Waals surface area contributed by atoms with Crippen LogP contribution >= 0.6 is 0 Å². The van der Waals surface area contributed by atoms with Gasteiger partial charge in [0.1, 0.15) is 0 Å². The van der Waals surface area contributed by atoms with E-state index in [0.29, 0.717) is 0 Å². The zero-order valence-electron chi connectivity index (χ0n) is 2.80. The molecule has 0 aliphatic rings. The Morgan fingerprint density at radius 2 is 2.17 bits per heavy atom. The monoisotopic (exact) mass is 85.0 g/mol. The highest BCUT2D eigenvalue weighted by atomic mass is 16.2. The van der Waals surface area contributed by atoms with Gasteiger partial charge in [0.25, 0.3) is 12.1 Å². The summed E-state index contributed by atoms with van der Waals surface area (Å²) in [6, 6.07) is 0. The van der Waals surface area contributed by atoms with E-state index < -0.39 is 5.78 Å². The van der Waals surface area contributed by atoms with Crippen LogP contribution in [0, 0.1) is 0 Å². The minimum absolute atomic E-state index is 0.0903. The molecular formula is C3HO3. The van der Waals surface area contributed by atoms with Gasteiger partial charge in [0.15, 0.2) is 6.29 Å².